The minimum absolute atomic E-state index is 0.164. The molecular formula is C18H19N7O. The molecule has 0 bridgehead atoms. The summed E-state index contributed by atoms with van der Waals surface area (Å²) in [5, 5.41) is 7.71. The molecule has 0 atom stereocenters. The SMILES string of the molecule is Cc1cn2nc(-c3cc(=O)n4cc(NCCN)ccc4n3)cc(C)c2n1. The van der Waals surface area contributed by atoms with Crippen molar-refractivity contribution < 1.29 is 0 Å². The maximum absolute atomic E-state index is 12.6. The van der Waals surface area contributed by atoms with Crippen LogP contribution in [-0.4, -0.2) is 37.1 Å². The summed E-state index contributed by atoms with van der Waals surface area (Å²) < 4.78 is 3.23. The number of nitrogens with zero attached hydrogens (tertiary/aromatic N) is 5. The zero-order chi connectivity index (χ0) is 18.3. The molecule has 26 heavy (non-hydrogen) atoms. The topological polar surface area (TPSA) is 103 Å². The summed E-state index contributed by atoms with van der Waals surface area (Å²) in [5.74, 6) is 0. The molecule has 0 saturated heterocycles. The Morgan fingerprint density at radius 2 is 1.96 bits per heavy atom. The Kier molecular flexibility index (Phi) is 3.89. The van der Waals surface area contributed by atoms with Gasteiger partial charge < -0.3 is 11.1 Å². The number of anilines is 1. The van der Waals surface area contributed by atoms with Crippen molar-refractivity contribution in [3.63, 3.8) is 0 Å². The molecule has 0 fully saturated rings. The van der Waals surface area contributed by atoms with Crippen LogP contribution in [0.15, 0.2) is 41.5 Å². The van der Waals surface area contributed by atoms with Crippen molar-refractivity contribution in [2.75, 3.05) is 18.4 Å². The van der Waals surface area contributed by atoms with Crippen LogP contribution in [0.5, 0.6) is 0 Å². The van der Waals surface area contributed by atoms with E-state index in [4.69, 9.17) is 5.73 Å². The van der Waals surface area contributed by atoms with Crippen molar-refractivity contribution in [3.05, 3.63) is 58.3 Å². The third kappa shape index (κ3) is 2.80. The fourth-order valence-electron chi connectivity index (χ4n) is 2.93. The minimum atomic E-state index is -0.164. The summed E-state index contributed by atoms with van der Waals surface area (Å²) in [4.78, 5) is 21.6. The summed E-state index contributed by atoms with van der Waals surface area (Å²) in [6, 6.07) is 7.08. The molecule has 8 heteroatoms. The lowest BCUT2D eigenvalue weighted by Crippen LogP contribution is -2.17. The van der Waals surface area contributed by atoms with Crippen molar-refractivity contribution in [1.29, 1.82) is 0 Å². The van der Waals surface area contributed by atoms with Crippen molar-refractivity contribution in [1.82, 2.24) is 24.0 Å². The number of fused-ring (bicyclic) bond motifs is 2. The van der Waals surface area contributed by atoms with E-state index in [1.165, 1.54) is 10.5 Å². The zero-order valence-corrected chi connectivity index (χ0v) is 14.6. The first-order valence-electron chi connectivity index (χ1n) is 8.36. The van der Waals surface area contributed by atoms with Gasteiger partial charge in [0, 0.05) is 25.4 Å². The minimum Gasteiger partial charge on any atom is -0.383 e. The highest BCUT2D eigenvalue weighted by atomic mass is 16.1. The Morgan fingerprint density at radius 1 is 1.12 bits per heavy atom. The predicted octanol–water partition coefficient (Wildman–Crippen LogP) is 1.39. The third-order valence-electron chi connectivity index (χ3n) is 4.13. The van der Waals surface area contributed by atoms with Crippen molar-refractivity contribution >= 4 is 17.0 Å². The first-order chi connectivity index (χ1) is 12.5. The average molecular weight is 349 g/mol. The van der Waals surface area contributed by atoms with Crippen molar-refractivity contribution in [2.45, 2.75) is 13.8 Å². The molecule has 0 unspecified atom stereocenters. The second kappa shape index (κ2) is 6.23. The smallest absolute Gasteiger partial charge is 0.258 e. The van der Waals surface area contributed by atoms with Gasteiger partial charge in [0.25, 0.3) is 5.56 Å². The van der Waals surface area contributed by atoms with Crippen LogP contribution >= 0.6 is 0 Å². The number of aromatic nitrogens is 5. The molecule has 0 saturated carbocycles. The van der Waals surface area contributed by atoms with E-state index in [-0.39, 0.29) is 5.56 Å². The Morgan fingerprint density at radius 3 is 2.77 bits per heavy atom. The third-order valence-corrected chi connectivity index (χ3v) is 4.13. The highest BCUT2D eigenvalue weighted by Gasteiger charge is 2.11. The fourth-order valence-corrected chi connectivity index (χ4v) is 2.93. The molecule has 132 valence electrons. The Hall–Kier alpha value is -3.26. The van der Waals surface area contributed by atoms with Gasteiger partial charge >= 0.3 is 0 Å². The first kappa shape index (κ1) is 16.2. The molecule has 0 spiro atoms. The summed E-state index contributed by atoms with van der Waals surface area (Å²) in [6.45, 7) is 5.05. The average Bonchev–Trinajstić information content (AvgIpc) is 3.01. The zero-order valence-electron chi connectivity index (χ0n) is 14.6. The molecule has 3 N–H and O–H groups in total. The number of rotatable bonds is 4. The molecule has 0 amide bonds. The highest BCUT2D eigenvalue weighted by molar-refractivity contribution is 5.62. The number of aryl methyl sites for hydroxylation is 2. The lowest BCUT2D eigenvalue weighted by Gasteiger charge is -2.08. The van der Waals surface area contributed by atoms with Crippen LogP contribution in [0.25, 0.3) is 22.7 Å². The van der Waals surface area contributed by atoms with Crippen LogP contribution in [0.3, 0.4) is 0 Å². The number of hydrogen-bond acceptors (Lipinski definition) is 6. The molecule has 0 aliphatic heterocycles. The monoisotopic (exact) mass is 349 g/mol. The van der Waals surface area contributed by atoms with Gasteiger partial charge in [0.15, 0.2) is 5.65 Å². The van der Waals surface area contributed by atoms with E-state index in [0.717, 1.165) is 22.6 Å². The second-order valence-corrected chi connectivity index (χ2v) is 6.20. The molecule has 4 aromatic rings. The predicted molar refractivity (Wildman–Crippen MR) is 100 cm³/mol. The molecule has 0 aromatic carbocycles. The maximum atomic E-state index is 12.6. The largest absolute Gasteiger partial charge is 0.383 e. The van der Waals surface area contributed by atoms with Crippen LogP contribution in [0.2, 0.25) is 0 Å². The van der Waals surface area contributed by atoms with Crippen molar-refractivity contribution in [2.24, 2.45) is 5.73 Å². The van der Waals surface area contributed by atoms with E-state index in [1.54, 1.807) is 16.8 Å². The Balaban J connectivity index is 1.83. The molecular weight excluding hydrogens is 330 g/mol. The molecule has 4 heterocycles. The van der Waals surface area contributed by atoms with Crippen molar-refractivity contribution in [3.8, 4) is 11.4 Å². The molecule has 4 rings (SSSR count). The van der Waals surface area contributed by atoms with Crippen LogP contribution < -0.4 is 16.6 Å². The fraction of sp³-hybridized carbons (Fsp3) is 0.222. The number of nitrogens with two attached hydrogens (primary N) is 1. The first-order valence-corrected chi connectivity index (χ1v) is 8.36. The van der Waals surface area contributed by atoms with Gasteiger partial charge in [0.05, 0.1) is 23.3 Å². The molecule has 8 nitrogen and oxygen atoms in total. The summed E-state index contributed by atoms with van der Waals surface area (Å²) >= 11 is 0. The van der Waals surface area contributed by atoms with Gasteiger partial charge in [-0.2, -0.15) is 5.10 Å². The number of imidazole rings is 1. The van der Waals surface area contributed by atoms with Gasteiger partial charge in [-0.05, 0) is 37.6 Å². The van der Waals surface area contributed by atoms with E-state index in [1.807, 2.05) is 32.2 Å². The van der Waals surface area contributed by atoms with E-state index < -0.39 is 0 Å². The number of hydrogen-bond donors (Lipinski definition) is 2. The van der Waals surface area contributed by atoms with Crippen LogP contribution in [0.4, 0.5) is 5.69 Å². The molecule has 0 radical (unpaired) electrons. The van der Waals surface area contributed by atoms with Gasteiger partial charge in [-0.3, -0.25) is 9.20 Å². The van der Waals surface area contributed by atoms with Crippen LogP contribution in [0, 0.1) is 13.8 Å². The van der Waals surface area contributed by atoms with Gasteiger partial charge in [0.1, 0.15) is 11.3 Å². The van der Waals surface area contributed by atoms with E-state index in [0.29, 0.717) is 30.1 Å². The molecule has 0 aliphatic rings. The molecule has 4 aromatic heterocycles. The van der Waals surface area contributed by atoms with Crippen LogP contribution in [-0.2, 0) is 0 Å². The second-order valence-electron chi connectivity index (χ2n) is 6.20. The van der Waals surface area contributed by atoms with E-state index >= 15 is 0 Å². The van der Waals surface area contributed by atoms with E-state index in [2.05, 4.69) is 20.4 Å². The number of nitrogens with one attached hydrogen (secondary N) is 1. The lowest BCUT2D eigenvalue weighted by molar-refractivity contribution is 0.925. The lowest BCUT2D eigenvalue weighted by atomic mass is 10.2. The number of pyridine rings is 1. The summed E-state index contributed by atoms with van der Waals surface area (Å²) in [5.41, 5.74) is 10.6. The summed E-state index contributed by atoms with van der Waals surface area (Å²) in [6.07, 6.45) is 3.58. The van der Waals surface area contributed by atoms with Gasteiger partial charge in [-0.15, -0.1) is 0 Å². The quantitative estimate of drug-likeness (QED) is 0.577. The van der Waals surface area contributed by atoms with E-state index in [9.17, 15) is 4.79 Å². The van der Waals surface area contributed by atoms with Crippen LogP contribution in [0.1, 0.15) is 11.3 Å². The Bertz CT molecular complexity index is 1180. The standard InChI is InChI=1S/C18H19N7O/c1-11-7-15(23-25-9-12(2)21-18(11)25)14-8-17(26)24-10-13(20-6-5-19)3-4-16(24)22-14/h3-4,7-10,20H,5-6,19H2,1-2H3. The highest BCUT2D eigenvalue weighted by Crippen LogP contribution is 2.19. The van der Waals surface area contributed by atoms with Gasteiger partial charge in [-0.1, -0.05) is 0 Å². The molecule has 0 aliphatic carbocycles. The Labute approximate surface area is 149 Å². The van der Waals surface area contributed by atoms with Gasteiger partial charge in [0.2, 0.25) is 0 Å². The van der Waals surface area contributed by atoms with Gasteiger partial charge in [-0.25, -0.2) is 14.5 Å². The summed E-state index contributed by atoms with van der Waals surface area (Å²) in [7, 11) is 0. The normalized spacial score (nSPS) is 11.3. The maximum Gasteiger partial charge on any atom is 0.258 e.